The van der Waals surface area contributed by atoms with Gasteiger partial charge in [0.05, 0.1) is 12.9 Å². The molecule has 0 fully saturated rings. The summed E-state index contributed by atoms with van der Waals surface area (Å²) in [4.78, 5) is 6.23. The Balaban J connectivity index is 2.41. The highest BCUT2D eigenvalue weighted by molar-refractivity contribution is 5.58. The minimum atomic E-state index is 0.274. The molecule has 0 bridgehead atoms. The summed E-state index contributed by atoms with van der Waals surface area (Å²) in [5.74, 6) is 0. The van der Waals surface area contributed by atoms with Crippen molar-refractivity contribution in [2.75, 3.05) is 13.1 Å². The summed E-state index contributed by atoms with van der Waals surface area (Å²) < 4.78 is 0. The van der Waals surface area contributed by atoms with Gasteiger partial charge < -0.3 is 4.90 Å². The van der Waals surface area contributed by atoms with Gasteiger partial charge in [0.2, 0.25) is 0 Å². The molecular formula is C9H16N2. The summed E-state index contributed by atoms with van der Waals surface area (Å²) in [5.41, 5.74) is 0.274. The highest BCUT2D eigenvalue weighted by atomic mass is 15.2. The van der Waals surface area contributed by atoms with Crippen LogP contribution in [-0.4, -0.2) is 24.3 Å². The third-order valence-electron chi connectivity index (χ3n) is 1.48. The van der Waals surface area contributed by atoms with Gasteiger partial charge in [-0.3, -0.25) is 4.99 Å². The van der Waals surface area contributed by atoms with Crippen molar-refractivity contribution in [2.24, 2.45) is 10.4 Å². The second kappa shape index (κ2) is 3.07. The quantitative estimate of drug-likeness (QED) is 0.560. The van der Waals surface area contributed by atoms with Crippen LogP contribution in [0.2, 0.25) is 0 Å². The third-order valence-corrected chi connectivity index (χ3v) is 1.48. The normalized spacial score (nSPS) is 18.6. The summed E-state index contributed by atoms with van der Waals surface area (Å²) in [6, 6.07) is 0. The molecule has 2 heteroatoms. The molecule has 0 N–H and O–H groups in total. The molecule has 1 aliphatic heterocycles. The van der Waals surface area contributed by atoms with E-state index >= 15 is 0 Å². The van der Waals surface area contributed by atoms with Crippen LogP contribution in [0.15, 0.2) is 17.3 Å². The van der Waals surface area contributed by atoms with Crippen molar-refractivity contribution >= 4 is 6.34 Å². The SMILES string of the molecule is CC(C)(C)C=CN1C=NCC1. The van der Waals surface area contributed by atoms with Crippen molar-refractivity contribution in [1.29, 1.82) is 0 Å². The molecule has 0 aliphatic carbocycles. The lowest BCUT2D eigenvalue weighted by Crippen LogP contribution is -2.13. The molecule has 0 saturated carbocycles. The van der Waals surface area contributed by atoms with Crippen molar-refractivity contribution in [2.45, 2.75) is 20.8 Å². The van der Waals surface area contributed by atoms with Crippen LogP contribution in [0.4, 0.5) is 0 Å². The van der Waals surface area contributed by atoms with Gasteiger partial charge in [-0.25, -0.2) is 0 Å². The maximum absolute atomic E-state index is 4.12. The molecule has 62 valence electrons. The fourth-order valence-corrected chi connectivity index (χ4v) is 0.826. The second-order valence-electron chi connectivity index (χ2n) is 3.94. The first kappa shape index (κ1) is 8.31. The van der Waals surface area contributed by atoms with Crippen LogP contribution in [-0.2, 0) is 0 Å². The summed E-state index contributed by atoms with van der Waals surface area (Å²) in [6.45, 7) is 8.55. The van der Waals surface area contributed by atoms with Gasteiger partial charge in [-0.15, -0.1) is 0 Å². The van der Waals surface area contributed by atoms with Gasteiger partial charge in [-0.2, -0.15) is 0 Å². The molecule has 2 nitrogen and oxygen atoms in total. The minimum absolute atomic E-state index is 0.274. The molecule has 11 heavy (non-hydrogen) atoms. The number of nitrogens with zero attached hydrogens (tertiary/aromatic N) is 2. The van der Waals surface area contributed by atoms with Crippen LogP contribution >= 0.6 is 0 Å². The van der Waals surface area contributed by atoms with Gasteiger partial charge in [0.1, 0.15) is 0 Å². The van der Waals surface area contributed by atoms with Gasteiger partial charge in [-0.1, -0.05) is 26.8 Å². The van der Waals surface area contributed by atoms with E-state index in [1.165, 1.54) is 0 Å². The molecule has 0 saturated heterocycles. The molecule has 0 atom stereocenters. The minimum Gasteiger partial charge on any atom is -0.338 e. The van der Waals surface area contributed by atoms with Crippen molar-refractivity contribution in [3.8, 4) is 0 Å². The Kier molecular flexibility index (Phi) is 2.32. The van der Waals surface area contributed by atoms with Crippen LogP contribution in [0.5, 0.6) is 0 Å². The zero-order valence-corrected chi connectivity index (χ0v) is 7.54. The standard InChI is InChI=1S/C9H16N2/c1-9(2,3)4-6-11-7-5-10-8-11/h4,6,8H,5,7H2,1-3H3. The molecule has 0 aromatic carbocycles. The zero-order chi connectivity index (χ0) is 8.32. The smallest absolute Gasteiger partial charge is 0.0890 e. The maximum atomic E-state index is 4.12. The molecule has 0 unspecified atom stereocenters. The van der Waals surface area contributed by atoms with E-state index in [1.54, 1.807) is 0 Å². The van der Waals surface area contributed by atoms with E-state index in [-0.39, 0.29) is 5.41 Å². The van der Waals surface area contributed by atoms with Gasteiger partial charge >= 0.3 is 0 Å². The molecular weight excluding hydrogens is 136 g/mol. The number of hydrogen-bond acceptors (Lipinski definition) is 2. The van der Waals surface area contributed by atoms with E-state index in [0.29, 0.717) is 0 Å². The maximum Gasteiger partial charge on any atom is 0.0890 e. The van der Waals surface area contributed by atoms with Gasteiger partial charge in [0.15, 0.2) is 0 Å². The molecule has 1 heterocycles. The Morgan fingerprint density at radius 1 is 1.45 bits per heavy atom. The van der Waals surface area contributed by atoms with E-state index in [4.69, 9.17) is 0 Å². The summed E-state index contributed by atoms with van der Waals surface area (Å²) in [7, 11) is 0. The van der Waals surface area contributed by atoms with E-state index in [2.05, 4.69) is 42.9 Å². The Morgan fingerprint density at radius 3 is 2.64 bits per heavy atom. The molecule has 0 spiro atoms. The van der Waals surface area contributed by atoms with Gasteiger partial charge in [0.25, 0.3) is 0 Å². The number of allylic oxidation sites excluding steroid dienone is 1. The Bertz CT molecular complexity index is 174. The first-order valence-corrected chi connectivity index (χ1v) is 4.03. The van der Waals surface area contributed by atoms with Crippen molar-refractivity contribution < 1.29 is 0 Å². The fraction of sp³-hybridized carbons (Fsp3) is 0.667. The number of aliphatic imine (C=N–C) groups is 1. The highest BCUT2D eigenvalue weighted by Crippen LogP contribution is 2.14. The van der Waals surface area contributed by atoms with Crippen LogP contribution in [0, 0.1) is 5.41 Å². The first-order chi connectivity index (χ1) is 5.08. The first-order valence-electron chi connectivity index (χ1n) is 4.03. The van der Waals surface area contributed by atoms with Gasteiger partial charge in [0, 0.05) is 12.7 Å². The molecule has 0 amide bonds. The lowest BCUT2D eigenvalue weighted by molar-refractivity contribution is 0.524. The Labute approximate surface area is 68.6 Å². The van der Waals surface area contributed by atoms with E-state index in [0.717, 1.165) is 13.1 Å². The fourth-order valence-electron chi connectivity index (χ4n) is 0.826. The van der Waals surface area contributed by atoms with Gasteiger partial charge in [-0.05, 0) is 5.41 Å². The second-order valence-corrected chi connectivity index (χ2v) is 3.94. The summed E-state index contributed by atoms with van der Waals surface area (Å²) in [6.07, 6.45) is 6.20. The van der Waals surface area contributed by atoms with Crippen LogP contribution in [0.1, 0.15) is 20.8 Å². The average molecular weight is 152 g/mol. The summed E-state index contributed by atoms with van der Waals surface area (Å²) in [5, 5.41) is 0. The third kappa shape index (κ3) is 3.21. The molecule has 0 aromatic rings. The van der Waals surface area contributed by atoms with Crippen LogP contribution in [0.25, 0.3) is 0 Å². The predicted octanol–water partition coefficient (Wildman–Crippen LogP) is 1.89. The van der Waals surface area contributed by atoms with E-state index in [1.807, 2.05) is 6.34 Å². The molecule has 0 aromatic heterocycles. The number of hydrogen-bond donors (Lipinski definition) is 0. The summed E-state index contributed by atoms with van der Waals surface area (Å²) >= 11 is 0. The molecule has 0 radical (unpaired) electrons. The lowest BCUT2D eigenvalue weighted by Gasteiger charge is -2.14. The van der Waals surface area contributed by atoms with E-state index < -0.39 is 0 Å². The zero-order valence-electron chi connectivity index (χ0n) is 7.54. The van der Waals surface area contributed by atoms with Crippen molar-refractivity contribution in [3.05, 3.63) is 12.3 Å². The Morgan fingerprint density at radius 2 is 2.18 bits per heavy atom. The number of rotatable bonds is 1. The largest absolute Gasteiger partial charge is 0.338 e. The molecule has 1 aliphatic rings. The Hall–Kier alpha value is -0.790. The highest BCUT2D eigenvalue weighted by Gasteiger charge is 2.06. The monoisotopic (exact) mass is 152 g/mol. The average Bonchev–Trinajstić information content (AvgIpc) is 2.32. The van der Waals surface area contributed by atoms with Crippen LogP contribution in [0.3, 0.4) is 0 Å². The topological polar surface area (TPSA) is 15.6 Å². The molecule has 1 rings (SSSR count). The van der Waals surface area contributed by atoms with Crippen molar-refractivity contribution in [3.63, 3.8) is 0 Å². The predicted molar refractivity (Wildman–Crippen MR) is 48.7 cm³/mol. The van der Waals surface area contributed by atoms with Crippen molar-refractivity contribution in [1.82, 2.24) is 4.90 Å². The van der Waals surface area contributed by atoms with Crippen LogP contribution < -0.4 is 0 Å². The van der Waals surface area contributed by atoms with E-state index in [9.17, 15) is 0 Å². The lowest BCUT2D eigenvalue weighted by atomic mass is 9.97.